The molecular formula is C26H18Cl2N2O2S2. The fourth-order valence-corrected chi connectivity index (χ4v) is 5.54. The largest absolute Gasteiger partial charge is 0.298 e. The van der Waals surface area contributed by atoms with Crippen molar-refractivity contribution in [1.82, 2.24) is 9.55 Å². The molecule has 34 heavy (non-hydrogen) atoms. The second-order valence-corrected chi connectivity index (χ2v) is 11.4. The molecule has 0 N–H and O–H groups in total. The highest BCUT2D eigenvalue weighted by Gasteiger charge is 2.18. The van der Waals surface area contributed by atoms with E-state index in [9.17, 15) is 8.42 Å². The van der Waals surface area contributed by atoms with Crippen LogP contribution in [0.2, 0.25) is 10.0 Å². The summed E-state index contributed by atoms with van der Waals surface area (Å²) in [6, 6.07) is 22.1. The van der Waals surface area contributed by atoms with Gasteiger partial charge >= 0.3 is 0 Å². The maximum absolute atomic E-state index is 12.0. The van der Waals surface area contributed by atoms with Crippen molar-refractivity contribution in [1.29, 1.82) is 0 Å². The van der Waals surface area contributed by atoms with Gasteiger partial charge in [-0.05, 0) is 59.0 Å². The topological polar surface area (TPSA) is 52.0 Å². The van der Waals surface area contributed by atoms with Crippen LogP contribution in [0, 0.1) is 0 Å². The van der Waals surface area contributed by atoms with Crippen molar-refractivity contribution in [3.8, 4) is 39.5 Å². The maximum Gasteiger partial charge on any atom is 0.175 e. The van der Waals surface area contributed by atoms with E-state index in [0.717, 1.165) is 33.6 Å². The van der Waals surface area contributed by atoms with Gasteiger partial charge < -0.3 is 0 Å². The van der Waals surface area contributed by atoms with Gasteiger partial charge in [-0.1, -0.05) is 53.5 Å². The van der Waals surface area contributed by atoms with Crippen molar-refractivity contribution in [2.24, 2.45) is 0 Å². The number of hydrogen-bond acceptors (Lipinski definition) is 4. The summed E-state index contributed by atoms with van der Waals surface area (Å²) in [4.78, 5) is 5.15. The molecule has 0 amide bonds. The van der Waals surface area contributed by atoms with Gasteiger partial charge in [0, 0.05) is 29.0 Å². The average molecular weight is 525 g/mol. The van der Waals surface area contributed by atoms with E-state index in [0.29, 0.717) is 15.9 Å². The SMILES string of the molecule is CS(=O)(=O)c1cccc(-c2ccc(-n3cc(-c4ccsc4)nc3-c3ccccc3Cl)c(Cl)c2)c1. The molecule has 3 aromatic carbocycles. The Morgan fingerprint density at radius 2 is 1.65 bits per heavy atom. The standard InChI is InChI=1S/C26H18Cl2N2O2S2/c1-34(31,32)20-6-4-5-17(13-20)18-9-10-25(23(28)14-18)30-15-24(19-11-12-33-16-19)29-26(30)21-7-2-3-8-22(21)27/h2-16H,1H3. The van der Waals surface area contributed by atoms with Crippen molar-refractivity contribution in [3.63, 3.8) is 0 Å². The van der Waals surface area contributed by atoms with Crippen molar-refractivity contribution in [2.75, 3.05) is 6.26 Å². The van der Waals surface area contributed by atoms with Crippen LogP contribution in [0.4, 0.5) is 0 Å². The Balaban J connectivity index is 1.64. The molecule has 0 spiro atoms. The number of benzene rings is 3. The Labute approximate surface area is 212 Å². The summed E-state index contributed by atoms with van der Waals surface area (Å²) >= 11 is 14.9. The Hall–Kier alpha value is -2.90. The van der Waals surface area contributed by atoms with E-state index in [1.807, 2.05) is 76.1 Å². The van der Waals surface area contributed by atoms with Gasteiger partial charge in [0.2, 0.25) is 0 Å². The van der Waals surface area contributed by atoms with Gasteiger partial charge in [0.05, 0.1) is 26.3 Å². The summed E-state index contributed by atoms with van der Waals surface area (Å²) < 4.78 is 25.9. The number of rotatable bonds is 5. The molecule has 2 heterocycles. The van der Waals surface area contributed by atoms with Crippen LogP contribution in [0.25, 0.3) is 39.5 Å². The lowest BCUT2D eigenvalue weighted by Gasteiger charge is -2.12. The lowest BCUT2D eigenvalue weighted by molar-refractivity contribution is 0.602. The van der Waals surface area contributed by atoms with E-state index < -0.39 is 9.84 Å². The van der Waals surface area contributed by atoms with Crippen LogP contribution in [-0.2, 0) is 9.84 Å². The van der Waals surface area contributed by atoms with Gasteiger partial charge in [0.1, 0.15) is 5.82 Å². The number of imidazole rings is 1. The van der Waals surface area contributed by atoms with Gasteiger partial charge in [0.25, 0.3) is 0 Å². The second-order valence-electron chi connectivity index (χ2n) is 7.78. The molecule has 0 atom stereocenters. The molecular weight excluding hydrogens is 507 g/mol. The molecule has 0 saturated heterocycles. The normalized spacial score (nSPS) is 11.6. The van der Waals surface area contributed by atoms with Crippen LogP contribution in [0.1, 0.15) is 0 Å². The molecule has 4 nitrogen and oxygen atoms in total. The lowest BCUT2D eigenvalue weighted by atomic mass is 10.1. The Kier molecular flexibility index (Phi) is 6.08. The van der Waals surface area contributed by atoms with Crippen LogP contribution in [-0.4, -0.2) is 24.2 Å². The first-order chi connectivity index (χ1) is 16.3. The molecule has 0 aliphatic heterocycles. The van der Waals surface area contributed by atoms with Crippen LogP contribution in [0.5, 0.6) is 0 Å². The zero-order valence-corrected chi connectivity index (χ0v) is 21.1. The molecule has 8 heteroatoms. The van der Waals surface area contributed by atoms with E-state index in [1.54, 1.807) is 29.5 Å². The highest BCUT2D eigenvalue weighted by atomic mass is 35.5. The quantitative estimate of drug-likeness (QED) is 0.237. The summed E-state index contributed by atoms with van der Waals surface area (Å²) in [5.74, 6) is 0.681. The fraction of sp³-hybridized carbons (Fsp3) is 0.0385. The van der Waals surface area contributed by atoms with E-state index in [-0.39, 0.29) is 4.90 Å². The Bertz CT molecular complexity index is 1610. The third-order valence-corrected chi connectivity index (χ3v) is 7.87. The first-order valence-electron chi connectivity index (χ1n) is 10.3. The first-order valence-corrected chi connectivity index (χ1v) is 13.9. The van der Waals surface area contributed by atoms with E-state index in [2.05, 4.69) is 0 Å². The van der Waals surface area contributed by atoms with Gasteiger partial charge in [0.15, 0.2) is 9.84 Å². The van der Waals surface area contributed by atoms with Crippen molar-refractivity contribution in [2.45, 2.75) is 4.90 Å². The number of hydrogen-bond donors (Lipinski definition) is 0. The molecule has 170 valence electrons. The predicted molar refractivity (Wildman–Crippen MR) is 141 cm³/mol. The molecule has 0 bridgehead atoms. The van der Waals surface area contributed by atoms with Crippen LogP contribution >= 0.6 is 34.5 Å². The molecule has 0 saturated carbocycles. The molecule has 0 fully saturated rings. The number of nitrogens with zero attached hydrogens (tertiary/aromatic N) is 2. The smallest absolute Gasteiger partial charge is 0.175 e. The Morgan fingerprint density at radius 3 is 2.35 bits per heavy atom. The third-order valence-electron chi connectivity index (χ3n) is 5.44. The Morgan fingerprint density at radius 1 is 0.853 bits per heavy atom. The lowest BCUT2D eigenvalue weighted by Crippen LogP contribution is -1.99. The van der Waals surface area contributed by atoms with Crippen LogP contribution in [0.3, 0.4) is 0 Å². The summed E-state index contributed by atoms with van der Waals surface area (Å²) in [6.07, 6.45) is 3.15. The van der Waals surface area contributed by atoms with Gasteiger partial charge in [-0.2, -0.15) is 11.3 Å². The van der Waals surface area contributed by atoms with E-state index >= 15 is 0 Å². The third kappa shape index (κ3) is 4.42. The number of thiophene rings is 1. The molecule has 0 radical (unpaired) electrons. The predicted octanol–water partition coefficient (Wildman–Crippen LogP) is 7.65. The number of aromatic nitrogens is 2. The molecule has 0 aliphatic carbocycles. The maximum atomic E-state index is 12.0. The summed E-state index contributed by atoms with van der Waals surface area (Å²) in [7, 11) is -3.31. The second kappa shape index (κ2) is 9.04. The minimum absolute atomic E-state index is 0.265. The number of halogens is 2. The minimum atomic E-state index is -3.31. The van der Waals surface area contributed by atoms with E-state index in [1.165, 1.54) is 6.26 Å². The highest BCUT2D eigenvalue weighted by molar-refractivity contribution is 7.90. The van der Waals surface area contributed by atoms with Crippen molar-refractivity contribution < 1.29 is 8.42 Å². The summed E-state index contributed by atoms with van der Waals surface area (Å²) in [5.41, 5.74) is 4.96. The van der Waals surface area contributed by atoms with E-state index in [4.69, 9.17) is 28.2 Å². The van der Waals surface area contributed by atoms with Crippen molar-refractivity contribution in [3.05, 3.63) is 99.8 Å². The molecule has 5 rings (SSSR count). The average Bonchev–Trinajstić information content (AvgIpc) is 3.49. The minimum Gasteiger partial charge on any atom is -0.298 e. The number of sulfone groups is 1. The van der Waals surface area contributed by atoms with Gasteiger partial charge in [-0.25, -0.2) is 13.4 Å². The summed E-state index contributed by atoms with van der Waals surface area (Å²) in [6.45, 7) is 0. The van der Waals surface area contributed by atoms with Gasteiger partial charge in [-0.15, -0.1) is 0 Å². The molecule has 0 unspecified atom stereocenters. The zero-order valence-electron chi connectivity index (χ0n) is 17.9. The van der Waals surface area contributed by atoms with Crippen LogP contribution < -0.4 is 0 Å². The van der Waals surface area contributed by atoms with Crippen molar-refractivity contribution >= 4 is 44.4 Å². The highest BCUT2D eigenvalue weighted by Crippen LogP contribution is 2.36. The zero-order chi connectivity index (χ0) is 23.9. The first kappa shape index (κ1) is 22.9. The summed E-state index contributed by atoms with van der Waals surface area (Å²) in [5, 5.41) is 5.15. The van der Waals surface area contributed by atoms with Gasteiger partial charge in [-0.3, -0.25) is 4.57 Å². The van der Waals surface area contributed by atoms with Crippen LogP contribution in [0.15, 0.2) is 94.6 Å². The monoisotopic (exact) mass is 524 g/mol. The molecule has 0 aliphatic rings. The fourth-order valence-electron chi connectivity index (χ4n) is 3.73. The molecule has 2 aromatic heterocycles. The molecule has 5 aromatic rings.